The second kappa shape index (κ2) is 8.12. The Bertz CT molecular complexity index is 1310. The van der Waals surface area contributed by atoms with Crippen molar-refractivity contribution in [2.24, 2.45) is 0 Å². The molecule has 1 saturated heterocycles. The number of rotatable bonds is 4. The number of aliphatic hydroxyl groups is 1. The van der Waals surface area contributed by atoms with Crippen molar-refractivity contribution in [3.63, 3.8) is 0 Å². The number of nitro benzene ring substituents is 1. The lowest BCUT2D eigenvalue weighted by atomic mass is 9.96. The molecule has 1 fully saturated rings. The van der Waals surface area contributed by atoms with Crippen molar-refractivity contribution in [1.82, 2.24) is 4.98 Å². The molecule has 2 heterocycles. The summed E-state index contributed by atoms with van der Waals surface area (Å²) < 4.78 is 0. The van der Waals surface area contributed by atoms with Crippen LogP contribution in [0.4, 0.5) is 11.4 Å². The largest absolute Gasteiger partial charge is 0.507 e. The average molecular weight is 426 g/mol. The van der Waals surface area contributed by atoms with Gasteiger partial charge in [0.25, 0.3) is 17.4 Å². The second-order valence-electron chi connectivity index (χ2n) is 6.92. The van der Waals surface area contributed by atoms with Gasteiger partial charge in [-0.05, 0) is 35.9 Å². The molecule has 9 nitrogen and oxygen atoms in total. The molecule has 0 saturated carbocycles. The first kappa shape index (κ1) is 20.4. The maximum absolute atomic E-state index is 13.0. The van der Waals surface area contributed by atoms with Crippen molar-refractivity contribution in [2.75, 3.05) is 4.90 Å². The number of pyridine rings is 1. The molecule has 1 aromatic heterocycles. The van der Waals surface area contributed by atoms with Gasteiger partial charge in [0, 0.05) is 35.8 Å². The first-order chi connectivity index (χ1) is 15.4. The SMILES string of the molecule is N#Cc1ccc(N2C(=O)C(=O)/C(=C(\O)c3cccc([N+](=O)[O-])c3)C2c2cccnc2)cc1. The summed E-state index contributed by atoms with van der Waals surface area (Å²) in [6.45, 7) is 0. The van der Waals surface area contributed by atoms with Crippen LogP contribution in [0.2, 0.25) is 0 Å². The molecule has 1 amide bonds. The summed E-state index contributed by atoms with van der Waals surface area (Å²) >= 11 is 0. The van der Waals surface area contributed by atoms with E-state index in [-0.39, 0.29) is 16.8 Å². The Hall–Kier alpha value is -4.84. The third-order valence-corrected chi connectivity index (χ3v) is 5.05. The number of hydrogen-bond acceptors (Lipinski definition) is 7. The van der Waals surface area contributed by atoms with Crippen LogP contribution < -0.4 is 4.90 Å². The highest BCUT2D eigenvalue weighted by Crippen LogP contribution is 2.42. The number of carbonyl (C=O) groups excluding carboxylic acids is 2. The first-order valence-electron chi connectivity index (χ1n) is 9.38. The fourth-order valence-corrected chi connectivity index (χ4v) is 3.57. The van der Waals surface area contributed by atoms with Crippen LogP contribution in [0.1, 0.15) is 22.7 Å². The number of aliphatic hydroxyl groups excluding tert-OH is 1. The third-order valence-electron chi connectivity index (χ3n) is 5.05. The van der Waals surface area contributed by atoms with Crippen LogP contribution in [-0.2, 0) is 9.59 Å². The highest BCUT2D eigenvalue weighted by atomic mass is 16.6. The summed E-state index contributed by atoms with van der Waals surface area (Å²) in [5, 5.41) is 31.2. The minimum Gasteiger partial charge on any atom is -0.507 e. The van der Waals surface area contributed by atoms with Gasteiger partial charge in [0.15, 0.2) is 0 Å². The average Bonchev–Trinajstić information content (AvgIpc) is 3.09. The standard InChI is InChI=1S/C23H14N4O5/c24-12-14-6-8-17(9-7-14)26-20(16-4-2-10-25-13-16)19(22(29)23(26)30)21(28)15-3-1-5-18(11-15)27(31)32/h1-11,13,20,28H/b21-19-. The van der Waals surface area contributed by atoms with Crippen LogP contribution in [-0.4, -0.2) is 26.7 Å². The highest BCUT2D eigenvalue weighted by Gasteiger charge is 2.47. The summed E-state index contributed by atoms with van der Waals surface area (Å²) in [5.41, 5.74) is 0.730. The molecule has 1 aliphatic rings. The van der Waals surface area contributed by atoms with Crippen molar-refractivity contribution >= 4 is 28.8 Å². The fourth-order valence-electron chi connectivity index (χ4n) is 3.57. The molecule has 2 aromatic carbocycles. The summed E-state index contributed by atoms with van der Waals surface area (Å²) in [4.78, 5) is 41.8. The number of carbonyl (C=O) groups is 2. The normalized spacial score (nSPS) is 17.2. The number of hydrogen-bond donors (Lipinski definition) is 1. The number of nitro groups is 1. The zero-order valence-electron chi connectivity index (χ0n) is 16.4. The van der Waals surface area contributed by atoms with Gasteiger partial charge in [-0.2, -0.15) is 5.26 Å². The maximum atomic E-state index is 13.0. The topological polar surface area (TPSA) is 137 Å². The van der Waals surface area contributed by atoms with Gasteiger partial charge in [-0.1, -0.05) is 18.2 Å². The molecule has 0 radical (unpaired) electrons. The minimum absolute atomic E-state index is 0.0333. The molecule has 1 N–H and O–H groups in total. The molecule has 9 heteroatoms. The van der Waals surface area contributed by atoms with E-state index < -0.39 is 28.4 Å². The number of aromatic nitrogens is 1. The molecular weight excluding hydrogens is 412 g/mol. The monoisotopic (exact) mass is 426 g/mol. The number of benzene rings is 2. The molecule has 32 heavy (non-hydrogen) atoms. The van der Waals surface area contributed by atoms with E-state index in [0.29, 0.717) is 16.8 Å². The Kier molecular flexibility index (Phi) is 5.18. The quantitative estimate of drug-likeness (QED) is 0.222. The lowest BCUT2D eigenvalue weighted by molar-refractivity contribution is -0.384. The molecule has 1 aliphatic heterocycles. The zero-order valence-corrected chi connectivity index (χ0v) is 16.4. The molecule has 0 bridgehead atoms. The molecule has 0 spiro atoms. The van der Waals surface area contributed by atoms with Crippen molar-refractivity contribution in [3.05, 3.63) is 105 Å². The predicted octanol–water partition coefficient (Wildman–Crippen LogP) is 3.49. The van der Waals surface area contributed by atoms with E-state index in [0.717, 1.165) is 6.07 Å². The van der Waals surface area contributed by atoms with Gasteiger partial charge in [0.2, 0.25) is 0 Å². The van der Waals surface area contributed by atoms with Crippen molar-refractivity contribution in [3.8, 4) is 6.07 Å². The van der Waals surface area contributed by atoms with Crippen molar-refractivity contribution in [1.29, 1.82) is 5.26 Å². The summed E-state index contributed by atoms with van der Waals surface area (Å²) in [6, 6.07) is 15.5. The highest BCUT2D eigenvalue weighted by molar-refractivity contribution is 6.51. The molecule has 3 aromatic rings. The summed E-state index contributed by atoms with van der Waals surface area (Å²) in [7, 11) is 0. The lowest BCUT2D eigenvalue weighted by Crippen LogP contribution is -2.29. The van der Waals surface area contributed by atoms with Crippen LogP contribution in [0.15, 0.2) is 78.6 Å². The summed E-state index contributed by atoms with van der Waals surface area (Å²) in [5.74, 6) is -2.35. The van der Waals surface area contributed by atoms with Gasteiger partial charge in [-0.3, -0.25) is 29.6 Å². The Balaban J connectivity index is 1.93. The van der Waals surface area contributed by atoms with E-state index in [4.69, 9.17) is 5.26 Å². The molecule has 156 valence electrons. The number of nitriles is 1. The van der Waals surface area contributed by atoms with Gasteiger partial charge in [-0.25, -0.2) is 0 Å². The Labute approximate surface area is 181 Å². The van der Waals surface area contributed by atoms with Crippen LogP contribution in [0.3, 0.4) is 0 Å². The van der Waals surface area contributed by atoms with E-state index in [1.165, 1.54) is 59.8 Å². The van der Waals surface area contributed by atoms with Gasteiger partial charge >= 0.3 is 0 Å². The number of amides is 1. The Morgan fingerprint density at radius 2 is 1.88 bits per heavy atom. The second-order valence-corrected chi connectivity index (χ2v) is 6.92. The number of nitrogens with zero attached hydrogens (tertiary/aromatic N) is 4. The van der Waals surface area contributed by atoms with Crippen LogP contribution in [0, 0.1) is 21.4 Å². The minimum atomic E-state index is -1.02. The Morgan fingerprint density at radius 3 is 2.50 bits per heavy atom. The first-order valence-corrected chi connectivity index (χ1v) is 9.38. The smallest absolute Gasteiger partial charge is 0.300 e. The van der Waals surface area contributed by atoms with Crippen LogP contribution >= 0.6 is 0 Å². The molecule has 0 aliphatic carbocycles. The number of non-ortho nitro benzene ring substituents is 1. The zero-order chi connectivity index (χ0) is 22.8. The maximum Gasteiger partial charge on any atom is 0.300 e. The van der Waals surface area contributed by atoms with Crippen molar-refractivity contribution in [2.45, 2.75) is 6.04 Å². The van der Waals surface area contributed by atoms with Gasteiger partial charge < -0.3 is 5.11 Å². The molecular formula is C23H14N4O5. The molecule has 1 atom stereocenters. The predicted molar refractivity (Wildman–Crippen MR) is 113 cm³/mol. The van der Waals surface area contributed by atoms with E-state index in [2.05, 4.69) is 4.98 Å². The number of ketones is 1. The lowest BCUT2D eigenvalue weighted by Gasteiger charge is -2.25. The van der Waals surface area contributed by atoms with Crippen LogP contribution in [0.25, 0.3) is 5.76 Å². The third kappa shape index (κ3) is 3.46. The fraction of sp³-hybridized carbons (Fsp3) is 0.0435. The van der Waals surface area contributed by atoms with Crippen LogP contribution in [0.5, 0.6) is 0 Å². The molecule has 4 rings (SSSR count). The van der Waals surface area contributed by atoms with Crippen molar-refractivity contribution < 1.29 is 19.6 Å². The van der Waals surface area contributed by atoms with Gasteiger partial charge in [0.1, 0.15) is 5.76 Å². The number of Topliss-reactive ketones (excluding diaryl/α,β-unsaturated/α-hetero) is 1. The molecule has 1 unspecified atom stereocenters. The summed E-state index contributed by atoms with van der Waals surface area (Å²) in [6.07, 6.45) is 2.99. The van der Waals surface area contributed by atoms with E-state index in [1.807, 2.05) is 6.07 Å². The van der Waals surface area contributed by atoms with Gasteiger partial charge in [-0.15, -0.1) is 0 Å². The van der Waals surface area contributed by atoms with E-state index >= 15 is 0 Å². The van der Waals surface area contributed by atoms with E-state index in [1.54, 1.807) is 12.1 Å². The number of anilines is 1. The van der Waals surface area contributed by atoms with E-state index in [9.17, 15) is 24.8 Å². The Morgan fingerprint density at radius 1 is 1.12 bits per heavy atom. The van der Waals surface area contributed by atoms with Gasteiger partial charge in [0.05, 0.1) is 28.2 Å².